The quantitative estimate of drug-likeness (QED) is 0.630. The highest BCUT2D eigenvalue weighted by Crippen LogP contribution is 2.19. The molecule has 30 heavy (non-hydrogen) atoms. The molecule has 1 aromatic heterocycles. The monoisotopic (exact) mass is 424 g/mol. The van der Waals surface area contributed by atoms with Crippen molar-refractivity contribution in [2.45, 2.75) is 18.4 Å². The molecule has 1 aliphatic rings. The van der Waals surface area contributed by atoms with Gasteiger partial charge in [0.05, 0.1) is 11.2 Å². The first kappa shape index (κ1) is 20.3. The lowest BCUT2D eigenvalue weighted by atomic mass is 10.1. The van der Waals surface area contributed by atoms with Crippen LogP contribution in [0.3, 0.4) is 0 Å². The van der Waals surface area contributed by atoms with E-state index < -0.39 is 10.0 Å². The highest BCUT2D eigenvalue weighted by atomic mass is 32.2. The third kappa shape index (κ3) is 4.29. The third-order valence-electron chi connectivity index (χ3n) is 5.31. The van der Waals surface area contributed by atoms with Crippen molar-refractivity contribution in [2.75, 3.05) is 26.2 Å². The summed E-state index contributed by atoms with van der Waals surface area (Å²) < 4.78 is 29.1. The number of amides is 1. The van der Waals surface area contributed by atoms with E-state index in [2.05, 4.69) is 4.98 Å². The van der Waals surface area contributed by atoms with Gasteiger partial charge < -0.3 is 9.47 Å². The van der Waals surface area contributed by atoms with Crippen LogP contribution in [0.1, 0.15) is 21.5 Å². The first-order valence-electron chi connectivity index (χ1n) is 9.84. The van der Waals surface area contributed by atoms with Crippen LogP contribution in [-0.2, 0) is 16.6 Å². The number of hydrogen-bond donors (Lipinski definition) is 0. The Labute approximate surface area is 176 Å². The summed E-state index contributed by atoms with van der Waals surface area (Å²) in [6.07, 6.45) is 5.38. The predicted molar refractivity (Wildman–Crippen MR) is 114 cm³/mol. The van der Waals surface area contributed by atoms with E-state index in [1.807, 2.05) is 42.0 Å². The van der Waals surface area contributed by atoms with E-state index >= 15 is 0 Å². The zero-order valence-electron chi connectivity index (χ0n) is 16.8. The summed E-state index contributed by atoms with van der Waals surface area (Å²) in [6.45, 7) is 3.96. The van der Waals surface area contributed by atoms with Gasteiger partial charge in [-0.3, -0.25) is 4.79 Å². The van der Waals surface area contributed by atoms with E-state index in [0.29, 0.717) is 43.2 Å². The molecule has 0 saturated carbocycles. The van der Waals surface area contributed by atoms with Crippen LogP contribution < -0.4 is 0 Å². The fourth-order valence-corrected chi connectivity index (χ4v) is 4.94. The normalized spacial score (nSPS) is 15.3. The SMILES string of the molecule is Cc1ccc(S(=O)(=O)N2CCN(C(=O)c3ccc(Cn4ccnc4)cc3)CC2)cc1. The number of rotatable bonds is 5. The molecule has 7 nitrogen and oxygen atoms in total. The number of benzene rings is 2. The molecular formula is C22H24N4O3S. The number of sulfonamides is 1. The summed E-state index contributed by atoms with van der Waals surface area (Å²) in [5.41, 5.74) is 2.71. The van der Waals surface area contributed by atoms with Gasteiger partial charge >= 0.3 is 0 Å². The van der Waals surface area contributed by atoms with Crippen molar-refractivity contribution in [3.63, 3.8) is 0 Å². The average molecular weight is 425 g/mol. The van der Waals surface area contributed by atoms with Crippen LogP contribution in [0.25, 0.3) is 0 Å². The fraction of sp³-hybridized carbons (Fsp3) is 0.273. The molecule has 2 aromatic carbocycles. The van der Waals surface area contributed by atoms with Gasteiger partial charge in [-0.15, -0.1) is 0 Å². The molecule has 8 heteroatoms. The molecule has 1 aliphatic heterocycles. The van der Waals surface area contributed by atoms with Crippen molar-refractivity contribution in [1.29, 1.82) is 0 Å². The molecule has 0 radical (unpaired) electrons. The second-order valence-electron chi connectivity index (χ2n) is 7.44. The number of imidazole rings is 1. The van der Waals surface area contributed by atoms with Gasteiger partial charge in [0, 0.05) is 50.7 Å². The highest BCUT2D eigenvalue weighted by molar-refractivity contribution is 7.89. The van der Waals surface area contributed by atoms with E-state index in [1.165, 1.54) is 4.31 Å². The van der Waals surface area contributed by atoms with E-state index in [4.69, 9.17) is 0 Å². The summed E-state index contributed by atoms with van der Waals surface area (Å²) in [6, 6.07) is 14.4. The Hall–Kier alpha value is -2.97. The van der Waals surface area contributed by atoms with Crippen molar-refractivity contribution in [3.05, 3.63) is 83.9 Å². The first-order valence-corrected chi connectivity index (χ1v) is 11.3. The van der Waals surface area contributed by atoms with Crippen LogP contribution in [0, 0.1) is 6.92 Å². The Morgan fingerprint density at radius 2 is 1.63 bits per heavy atom. The van der Waals surface area contributed by atoms with Crippen LogP contribution >= 0.6 is 0 Å². The molecule has 3 aromatic rings. The Kier molecular flexibility index (Phi) is 5.69. The van der Waals surface area contributed by atoms with Gasteiger partial charge in [-0.25, -0.2) is 13.4 Å². The summed E-state index contributed by atoms with van der Waals surface area (Å²) in [5, 5.41) is 0. The van der Waals surface area contributed by atoms with Crippen LogP contribution in [-0.4, -0.2) is 59.3 Å². The minimum atomic E-state index is -3.54. The Balaban J connectivity index is 1.37. The van der Waals surface area contributed by atoms with Gasteiger partial charge in [-0.1, -0.05) is 29.8 Å². The molecule has 2 heterocycles. The van der Waals surface area contributed by atoms with E-state index in [9.17, 15) is 13.2 Å². The van der Waals surface area contributed by atoms with Crippen molar-refractivity contribution >= 4 is 15.9 Å². The van der Waals surface area contributed by atoms with Crippen molar-refractivity contribution in [1.82, 2.24) is 18.8 Å². The van der Waals surface area contributed by atoms with Gasteiger partial charge in [-0.2, -0.15) is 4.31 Å². The summed E-state index contributed by atoms with van der Waals surface area (Å²) in [4.78, 5) is 18.9. The molecule has 1 fully saturated rings. The van der Waals surface area contributed by atoms with E-state index in [0.717, 1.165) is 11.1 Å². The lowest BCUT2D eigenvalue weighted by Gasteiger charge is -2.34. The summed E-state index contributed by atoms with van der Waals surface area (Å²) >= 11 is 0. The number of carbonyl (C=O) groups excluding carboxylic acids is 1. The predicted octanol–water partition coefficient (Wildman–Crippen LogP) is 2.39. The molecule has 1 saturated heterocycles. The number of hydrogen-bond acceptors (Lipinski definition) is 4. The first-order chi connectivity index (χ1) is 14.4. The number of nitrogens with zero attached hydrogens (tertiary/aromatic N) is 4. The molecule has 0 N–H and O–H groups in total. The zero-order valence-corrected chi connectivity index (χ0v) is 17.6. The maximum Gasteiger partial charge on any atom is 0.253 e. The largest absolute Gasteiger partial charge is 0.336 e. The molecule has 0 bridgehead atoms. The molecular weight excluding hydrogens is 400 g/mol. The van der Waals surface area contributed by atoms with E-state index in [1.54, 1.807) is 41.7 Å². The lowest BCUT2D eigenvalue weighted by molar-refractivity contribution is 0.0698. The minimum Gasteiger partial charge on any atom is -0.336 e. The summed E-state index contributed by atoms with van der Waals surface area (Å²) in [5.74, 6) is -0.0726. The van der Waals surface area contributed by atoms with Gasteiger partial charge in [-0.05, 0) is 36.8 Å². The van der Waals surface area contributed by atoms with Crippen LogP contribution in [0.15, 0.2) is 72.1 Å². The Bertz CT molecular complexity index is 1100. The average Bonchev–Trinajstić information content (AvgIpc) is 3.27. The van der Waals surface area contributed by atoms with Gasteiger partial charge in [0.2, 0.25) is 10.0 Å². The number of aromatic nitrogens is 2. The maximum atomic E-state index is 12.8. The lowest BCUT2D eigenvalue weighted by Crippen LogP contribution is -2.50. The number of piperazine rings is 1. The number of carbonyl (C=O) groups is 1. The third-order valence-corrected chi connectivity index (χ3v) is 7.22. The zero-order chi connectivity index (χ0) is 21.1. The smallest absolute Gasteiger partial charge is 0.253 e. The van der Waals surface area contributed by atoms with Gasteiger partial charge in [0.15, 0.2) is 0 Å². The minimum absolute atomic E-state index is 0.0726. The molecule has 0 spiro atoms. The molecule has 0 atom stereocenters. The van der Waals surface area contributed by atoms with Gasteiger partial charge in [0.1, 0.15) is 0 Å². The fourth-order valence-electron chi connectivity index (χ4n) is 3.52. The Morgan fingerprint density at radius 3 is 2.23 bits per heavy atom. The topological polar surface area (TPSA) is 75.5 Å². The molecule has 156 valence electrons. The second-order valence-corrected chi connectivity index (χ2v) is 9.38. The highest BCUT2D eigenvalue weighted by Gasteiger charge is 2.30. The van der Waals surface area contributed by atoms with Crippen LogP contribution in [0.4, 0.5) is 0 Å². The summed E-state index contributed by atoms with van der Waals surface area (Å²) in [7, 11) is -3.54. The molecule has 0 unspecified atom stereocenters. The molecule has 1 amide bonds. The van der Waals surface area contributed by atoms with E-state index in [-0.39, 0.29) is 5.91 Å². The van der Waals surface area contributed by atoms with Gasteiger partial charge in [0.25, 0.3) is 5.91 Å². The Morgan fingerprint density at radius 1 is 0.967 bits per heavy atom. The van der Waals surface area contributed by atoms with Crippen LogP contribution in [0.2, 0.25) is 0 Å². The van der Waals surface area contributed by atoms with Crippen molar-refractivity contribution in [3.8, 4) is 0 Å². The molecule has 0 aliphatic carbocycles. The van der Waals surface area contributed by atoms with Crippen molar-refractivity contribution in [2.24, 2.45) is 0 Å². The standard InChI is InChI=1S/C22H24N4O3S/c1-18-2-8-21(9-3-18)30(28,29)26-14-12-25(13-15-26)22(27)20-6-4-19(5-7-20)16-24-11-10-23-17-24/h2-11,17H,12-16H2,1H3. The second kappa shape index (κ2) is 8.41. The van der Waals surface area contributed by atoms with Crippen molar-refractivity contribution < 1.29 is 13.2 Å². The molecule has 4 rings (SSSR count). The maximum absolute atomic E-state index is 12.8. The van der Waals surface area contributed by atoms with Crippen LogP contribution in [0.5, 0.6) is 0 Å². The number of aryl methyl sites for hydroxylation is 1.